The first kappa shape index (κ1) is 10.2. The number of aromatic nitrogens is 1. The van der Waals surface area contributed by atoms with Gasteiger partial charge in [0.15, 0.2) is 0 Å². The van der Waals surface area contributed by atoms with Gasteiger partial charge in [-0.3, -0.25) is 4.98 Å². The number of pyridine rings is 1. The number of nitrogens with zero attached hydrogens (tertiary/aromatic N) is 1. The Morgan fingerprint density at radius 1 is 0.923 bits per heavy atom. The molecule has 0 aliphatic rings. The van der Waals surface area contributed by atoms with Gasteiger partial charge in [0.25, 0.3) is 0 Å². The predicted octanol–water partition coefficient (Wildman–Crippen LogP) is 3.41. The minimum Gasteiger partial charge on any atom is -0.265 e. The van der Waals surface area contributed by atoms with Crippen LogP contribution in [-0.2, 0) is 5.41 Å². The third-order valence-corrected chi connectivity index (χ3v) is 3.28. The molecule has 0 bridgehead atoms. The molecule has 1 heterocycles. The summed E-state index contributed by atoms with van der Waals surface area (Å²) in [5.41, 5.74) is 1.82. The van der Waals surface area contributed by atoms with E-state index in [0.717, 1.165) is 0 Å². The Labute approximate surface area is 81.2 Å². The second-order valence-electron chi connectivity index (χ2n) is 5.11. The fourth-order valence-corrected chi connectivity index (χ4v) is 1.20. The maximum atomic E-state index is 4.04. The summed E-state index contributed by atoms with van der Waals surface area (Å²) < 4.78 is 0. The second kappa shape index (κ2) is 3.13. The zero-order chi connectivity index (χ0) is 10.1. The van der Waals surface area contributed by atoms with E-state index >= 15 is 0 Å². The van der Waals surface area contributed by atoms with Crippen LogP contribution in [0.5, 0.6) is 0 Å². The van der Waals surface area contributed by atoms with E-state index in [1.807, 2.05) is 12.4 Å². The van der Waals surface area contributed by atoms with Crippen LogP contribution in [0.2, 0.25) is 0 Å². The van der Waals surface area contributed by atoms with Gasteiger partial charge in [0.1, 0.15) is 0 Å². The molecule has 1 nitrogen and oxygen atoms in total. The average molecular weight is 177 g/mol. The zero-order valence-electron chi connectivity index (χ0n) is 9.26. The highest BCUT2D eigenvalue weighted by atomic mass is 14.6. The van der Waals surface area contributed by atoms with Crippen molar-refractivity contribution >= 4 is 0 Å². The van der Waals surface area contributed by atoms with Crippen LogP contribution in [0.3, 0.4) is 0 Å². The van der Waals surface area contributed by atoms with Gasteiger partial charge in [-0.05, 0) is 28.5 Å². The van der Waals surface area contributed by atoms with Crippen LogP contribution in [-0.4, -0.2) is 4.98 Å². The van der Waals surface area contributed by atoms with Crippen molar-refractivity contribution in [3.05, 3.63) is 30.1 Å². The molecule has 1 aromatic rings. The van der Waals surface area contributed by atoms with Crippen molar-refractivity contribution in [3.8, 4) is 0 Å². The lowest BCUT2D eigenvalue weighted by Crippen LogP contribution is -2.33. The van der Waals surface area contributed by atoms with Gasteiger partial charge in [-0.25, -0.2) is 0 Å². The molecule has 0 saturated carbocycles. The van der Waals surface area contributed by atoms with Crippen LogP contribution in [0, 0.1) is 5.41 Å². The fourth-order valence-electron chi connectivity index (χ4n) is 1.20. The first-order valence-corrected chi connectivity index (χ1v) is 4.76. The van der Waals surface area contributed by atoms with Crippen molar-refractivity contribution in [1.82, 2.24) is 4.98 Å². The van der Waals surface area contributed by atoms with Crippen LogP contribution in [0.1, 0.15) is 40.2 Å². The molecule has 1 heteroatoms. The first-order chi connectivity index (χ1) is 5.86. The van der Waals surface area contributed by atoms with Crippen molar-refractivity contribution < 1.29 is 0 Å². The summed E-state index contributed by atoms with van der Waals surface area (Å²) in [6.45, 7) is 11.4. The van der Waals surface area contributed by atoms with Crippen molar-refractivity contribution in [2.75, 3.05) is 0 Å². The van der Waals surface area contributed by atoms with Crippen molar-refractivity contribution in [3.63, 3.8) is 0 Å². The molecule has 0 amide bonds. The van der Waals surface area contributed by atoms with E-state index in [4.69, 9.17) is 0 Å². The molecule has 0 fully saturated rings. The number of rotatable bonds is 1. The molecule has 0 saturated heterocycles. The molecule has 1 rings (SSSR count). The fraction of sp³-hybridized carbons (Fsp3) is 0.583. The summed E-state index contributed by atoms with van der Waals surface area (Å²) >= 11 is 0. The molecule has 0 aliphatic heterocycles. The standard InChI is InChI=1S/C12H19N/c1-11(2,3)12(4,5)10-6-8-13-9-7-10/h6-9H,1-5H3. The zero-order valence-corrected chi connectivity index (χ0v) is 9.26. The first-order valence-electron chi connectivity index (χ1n) is 4.76. The highest BCUT2D eigenvalue weighted by molar-refractivity contribution is 5.23. The van der Waals surface area contributed by atoms with Gasteiger partial charge in [0.2, 0.25) is 0 Å². The highest BCUT2D eigenvalue weighted by Crippen LogP contribution is 2.40. The van der Waals surface area contributed by atoms with Gasteiger partial charge in [0.05, 0.1) is 0 Å². The molecule has 0 N–H and O–H groups in total. The molecular weight excluding hydrogens is 158 g/mol. The van der Waals surface area contributed by atoms with E-state index in [9.17, 15) is 0 Å². The lowest BCUT2D eigenvalue weighted by Gasteiger charge is -2.39. The molecule has 0 unspecified atom stereocenters. The Kier molecular flexibility index (Phi) is 2.47. The van der Waals surface area contributed by atoms with E-state index in [1.54, 1.807) is 0 Å². The van der Waals surface area contributed by atoms with Crippen molar-refractivity contribution in [2.24, 2.45) is 5.41 Å². The monoisotopic (exact) mass is 177 g/mol. The second-order valence-corrected chi connectivity index (χ2v) is 5.11. The Hall–Kier alpha value is -0.850. The largest absolute Gasteiger partial charge is 0.265 e. The van der Waals surface area contributed by atoms with Crippen molar-refractivity contribution in [1.29, 1.82) is 0 Å². The number of hydrogen-bond acceptors (Lipinski definition) is 1. The Morgan fingerprint density at radius 3 is 1.77 bits per heavy atom. The summed E-state index contributed by atoms with van der Waals surface area (Å²) in [6.07, 6.45) is 3.73. The van der Waals surface area contributed by atoms with Crippen LogP contribution >= 0.6 is 0 Å². The van der Waals surface area contributed by atoms with E-state index < -0.39 is 0 Å². The lowest BCUT2D eigenvalue weighted by atomic mass is 9.65. The van der Waals surface area contributed by atoms with Gasteiger partial charge in [-0.1, -0.05) is 34.6 Å². The Morgan fingerprint density at radius 2 is 1.38 bits per heavy atom. The van der Waals surface area contributed by atoms with Gasteiger partial charge in [-0.15, -0.1) is 0 Å². The van der Waals surface area contributed by atoms with Crippen LogP contribution in [0.25, 0.3) is 0 Å². The topological polar surface area (TPSA) is 12.9 Å². The van der Waals surface area contributed by atoms with E-state index in [-0.39, 0.29) is 10.8 Å². The molecule has 72 valence electrons. The minimum absolute atomic E-state index is 0.190. The van der Waals surface area contributed by atoms with Crippen molar-refractivity contribution in [2.45, 2.75) is 40.0 Å². The maximum Gasteiger partial charge on any atom is 0.0270 e. The molecular formula is C12H19N. The van der Waals surface area contributed by atoms with Gasteiger partial charge >= 0.3 is 0 Å². The van der Waals surface area contributed by atoms with Crippen LogP contribution < -0.4 is 0 Å². The smallest absolute Gasteiger partial charge is 0.0270 e. The molecule has 13 heavy (non-hydrogen) atoms. The summed E-state index contributed by atoms with van der Waals surface area (Å²) in [6, 6.07) is 4.20. The highest BCUT2D eigenvalue weighted by Gasteiger charge is 2.33. The molecule has 0 aromatic carbocycles. The predicted molar refractivity (Wildman–Crippen MR) is 56.7 cm³/mol. The molecule has 1 aromatic heterocycles. The van der Waals surface area contributed by atoms with E-state index in [2.05, 4.69) is 51.7 Å². The summed E-state index contributed by atoms with van der Waals surface area (Å²) in [4.78, 5) is 4.04. The van der Waals surface area contributed by atoms with Gasteiger partial charge in [0, 0.05) is 12.4 Å². The third-order valence-electron chi connectivity index (χ3n) is 3.28. The quantitative estimate of drug-likeness (QED) is 0.640. The molecule has 0 atom stereocenters. The summed E-state index contributed by atoms with van der Waals surface area (Å²) in [5, 5.41) is 0. The van der Waals surface area contributed by atoms with Crippen LogP contribution in [0.15, 0.2) is 24.5 Å². The van der Waals surface area contributed by atoms with Gasteiger partial charge in [-0.2, -0.15) is 0 Å². The number of hydrogen-bond donors (Lipinski definition) is 0. The van der Waals surface area contributed by atoms with Gasteiger partial charge < -0.3 is 0 Å². The minimum atomic E-state index is 0.190. The molecule has 0 radical (unpaired) electrons. The summed E-state index contributed by atoms with van der Waals surface area (Å²) in [7, 11) is 0. The third kappa shape index (κ3) is 1.90. The normalized spacial score (nSPS) is 13.0. The average Bonchev–Trinajstić information content (AvgIpc) is 2.04. The van der Waals surface area contributed by atoms with E-state index in [0.29, 0.717) is 0 Å². The molecule has 0 aliphatic carbocycles. The lowest BCUT2D eigenvalue weighted by molar-refractivity contribution is 0.225. The van der Waals surface area contributed by atoms with E-state index in [1.165, 1.54) is 5.56 Å². The van der Waals surface area contributed by atoms with Crippen LogP contribution in [0.4, 0.5) is 0 Å². The Balaban J connectivity index is 3.08. The summed E-state index contributed by atoms with van der Waals surface area (Å²) in [5.74, 6) is 0. The maximum absolute atomic E-state index is 4.04. The Bertz CT molecular complexity index is 267. The SMILES string of the molecule is CC(C)(C)C(C)(C)c1ccncc1. The molecule has 0 spiro atoms.